The first kappa shape index (κ1) is 15.7. The largest absolute Gasteiger partial charge is 0.390 e. The van der Waals surface area contributed by atoms with Crippen molar-refractivity contribution in [3.63, 3.8) is 0 Å². The van der Waals surface area contributed by atoms with E-state index in [1.807, 2.05) is 25.7 Å². The van der Waals surface area contributed by atoms with Crippen LogP contribution in [0, 0.1) is 0 Å². The zero-order valence-corrected chi connectivity index (χ0v) is 13.1. The van der Waals surface area contributed by atoms with Gasteiger partial charge in [-0.3, -0.25) is 9.69 Å². The van der Waals surface area contributed by atoms with Crippen molar-refractivity contribution in [1.82, 2.24) is 15.1 Å². The molecule has 0 aliphatic carbocycles. The van der Waals surface area contributed by atoms with E-state index in [9.17, 15) is 9.90 Å². The van der Waals surface area contributed by atoms with Gasteiger partial charge in [0.25, 0.3) is 0 Å². The van der Waals surface area contributed by atoms with Crippen LogP contribution in [0.15, 0.2) is 0 Å². The summed E-state index contributed by atoms with van der Waals surface area (Å²) in [5, 5.41) is 13.5. The maximum Gasteiger partial charge on any atom is 0.242 e. The highest BCUT2D eigenvalue weighted by Crippen LogP contribution is 2.25. The van der Waals surface area contributed by atoms with Gasteiger partial charge in [0.1, 0.15) is 0 Å². The molecule has 0 radical (unpaired) electrons. The molecule has 1 amide bonds. The van der Waals surface area contributed by atoms with Gasteiger partial charge >= 0.3 is 0 Å². The molecule has 2 aliphatic rings. The van der Waals surface area contributed by atoms with E-state index in [1.165, 1.54) is 0 Å². The Kier molecular flexibility index (Phi) is 4.72. The van der Waals surface area contributed by atoms with Gasteiger partial charge in [0.15, 0.2) is 0 Å². The summed E-state index contributed by atoms with van der Waals surface area (Å²) in [4.78, 5) is 17.1. The van der Waals surface area contributed by atoms with Gasteiger partial charge in [-0.1, -0.05) is 0 Å². The Labute approximate surface area is 122 Å². The Bertz CT molecular complexity index is 349. The van der Waals surface area contributed by atoms with E-state index >= 15 is 0 Å². The van der Waals surface area contributed by atoms with E-state index in [0.717, 1.165) is 45.6 Å². The summed E-state index contributed by atoms with van der Waals surface area (Å²) in [6.07, 6.45) is 2.34. The number of piperazine rings is 1. The van der Waals surface area contributed by atoms with E-state index in [2.05, 4.69) is 10.2 Å². The second kappa shape index (κ2) is 6.00. The molecule has 1 atom stereocenters. The lowest BCUT2D eigenvalue weighted by Gasteiger charge is -2.42. The lowest BCUT2D eigenvalue weighted by atomic mass is 9.97. The fourth-order valence-corrected chi connectivity index (χ4v) is 3.21. The third-order valence-electron chi connectivity index (χ3n) is 4.78. The number of carbonyl (C=O) groups excluding carboxylic acids is 1. The summed E-state index contributed by atoms with van der Waals surface area (Å²) in [5.74, 6) is 0.206. The first-order chi connectivity index (χ1) is 9.33. The Morgan fingerprint density at radius 2 is 1.80 bits per heavy atom. The topological polar surface area (TPSA) is 55.8 Å². The molecule has 0 saturated carbocycles. The summed E-state index contributed by atoms with van der Waals surface area (Å²) >= 11 is 0. The predicted octanol–water partition coefficient (Wildman–Crippen LogP) is 0.434. The number of carbonyl (C=O) groups is 1. The van der Waals surface area contributed by atoms with Crippen LogP contribution in [0.5, 0.6) is 0 Å². The van der Waals surface area contributed by atoms with Crippen molar-refractivity contribution >= 4 is 5.91 Å². The van der Waals surface area contributed by atoms with Gasteiger partial charge in [0.05, 0.1) is 11.1 Å². The number of nitrogens with zero attached hydrogens (tertiary/aromatic N) is 2. The standard InChI is InChI=1S/C15H29N3O2/c1-14(2,18-11-7-16-8-12-18)13(19)17-9-4-5-15(3,20)6-10-17/h16,20H,4-12H2,1-3H3. The van der Waals surface area contributed by atoms with Crippen molar-refractivity contribution in [2.24, 2.45) is 0 Å². The molecule has 2 heterocycles. The van der Waals surface area contributed by atoms with Crippen LogP contribution in [0.3, 0.4) is 0 Å². The summed E-state index contributed by atoms with van der Waals surface area (Å²) in [7, 11) is 0. The highest BCUT2D eigenvalue weighted by Gasteiger charge is 2.39. The van der Waals surface area contributed by atoms with Gasteiger partial charge in [0.2, 0.25) is 5.91 Å². The molecule has 2 aliphatic heterocycles. The zero-order chi connectivity index (χ0) is 14.8. The summed E-state index contributed by atoms with van der Waals surface area (Å²) in [5.41, 5.74) is -1.06. The summed E-state index contributed by atoms with van der Waals surface area (Å²) < 4.78 is 0. The van der Waals surface area contributed by atoms with Gasteiger partial charge in [-0.2, -0.15) is 0 Å². The maximum atomic E-state index is 12.9. The van der Waals surface area contributed by atoms with Crippen LogP contribution in [0.2, 0.25) is 0 Å². The van der Waals surface area contributed by atoms with E-state index in [1.54, 1.807) is 0 Å². The van der Waals surface area contributed by atoms with Crippen molar-refractivity contribution in [2.75, 3.05) is 39.3 Å². The number of rotatable bonds is 2. The van der Waals surface area contributed by atoms with E-state index < -0.39 is 11.1 Å². The molecular weight excluding hydrogens is 254 g/mol. The van der Waals surface area contributed by atoms with Crippen molar-refractivity contribution in [3.05, 3.63) is 0 Å². The molecule has 0 aromatic carbocycles. The average molecular weight is 283 g/mol. The highest BCUT2D eigenvalue weighted by atomic mass is 16.3. The van der Waals surface area contributed by atoms with Crippen LogP contribution in [0.1, 0.15) is 40.0 Å². The molecule has 0 aromatic heterocycles. The molecule has 2 N–H and O–H groups in total. The first-order valence-corrected chi connectivity index (χ1v) is 7.80. The van der Waals surface area contributed by atoms with Crippen LogP contribution >= 0.6 is 0 Å². The number of amides is 1. The first-order valence-electron chi connectivity index (χ1n) is 7.80. The van der Waals surface area contributed by atoms with Crippen molar-refractivity contribution in [1.29, 1.82) is 0 Å². The third-order valence-corrected chi connectivity index (χ3v) is 4.78. The minimum atomic E-state index is -0.617. The fraction of sp³-hybridized carbons (Fsp3) is 0.933. The minimum Gasteiger partial charge on any atom is -0.390 e. The molecular formula is C15H29N3O2. The van der Waals surface area contributed by atoms with Crippen molar-refractivity contribution in [3.8, 4) is 0 Å². The maximum absolute atomic E-state index is 12.9. The highest BCUT2D eigenvalue weighted by molar-refractivity contribution is 5.85. The van der Waals surface area contributed by atoms with E-state index in [4.69, 9.17) is 0 Å². The van der Waals surface area contributed by atoms with Crippen LogP contribution in [0.4, 0.5) is 0 Å². The third kappa shape index (κ3) is 3.51. The zero-order valence-electron chi connectivity index (χ0n) is 13.1. The van der Waals surface area contributed by atoms with Gasteiger partial charge in [-0.25, -0.2) is 0 Å². The molecule has 2 saturated heterocycles. The Morgan fingerprint density at radius 3 is 2.45 bits per heavy atom. The van der Waals surface area contributed by atoms with Gasteiger partial charge < -0.3 is 15.3 Å². The second-order valence-electron chi connectivity index (χ2n) is 6.94. The Hall–Kier alpha value is -0.650. The molecule has 1 unspecified atom stereocenters. The molecule has 0 aromatic rings. The normalized spacial score (nSPS) is 30.1. The summed E-state index contributed by atoms with van der Waals surface area (Å²) in [6.45, 7) is 11.1. The molecule has 2 rings (SSSR count). The smallest absolute Gasteiger partial charge is 0.242 e. The minimum absolute atomic E-state index is 0.206. The lowest BCUT2D eigenvalue weighted by molar-refractivity contribution is -0.143. The molecule has 5 heteroatoms. The van der Waals surface area contributed by atoms with Crippen LogP contribution < -0.4 is 5.32 Å². The van der Waals surface area contributed by atoms with Crippen molar-refractivity contribution < 1.29 is 9.90 Å². The molecule has 2 fully saturated rings. The Morgan fingerprint density at radius 1 is 1.15 bits per heavy atom. The van der Waals surface area contributed by atoms with Crippen LogP contribution in [0.25, 0.3) is 0 Å². The lowest BCUT2D eigenvalue weighted by Crippen LogP contribution is -2.60. The van der Waals surface area contributed by atoms with Crippen LogP contribution in [-0.2, 0) is 4.79 Å². The second-order valence-corrected chi connectivity index (χ2v) is 6.94. The van der Waals surface area contributed by atoms with Crippen molar-refractivity contribution in [2.45, 2.75) is 51.2 Å². The van der Waals surface area contributed by atoms with E-state index in [-0.39, 0.29) is 5.91 Å². The number of hydrogen-bond acceptors (Lipinski definition) is 4. The van der Waals surface area contributed by atoms with Gasteiger partial charge in [-0.05, 0) is 40.0 Å². The molecule has 5 nitrogen and oxygen atoms in total. The molecule has 116 valence electrons. The van der Waals surface area contributed by atoms with Crippen LogP contribution in [-0.4, -0.2) is 71.2 Å². The van der Waals surface area contributed by atoms with Gasteiger partial charge in [-0.15, -0.1) is 0 Å². The number of hydrogen-bond donors (Lipinski definition) is 2. The quantitative estimate of drug-likeness (QED) is 0.772. The fourth-order valence-electron chi connectivity index (χ4n) is 3.21. The van der Waals surface area contributed by atoms with Gasteiger partial charge in [0, 0.05) is 39.3 Å². The number of aliphatic hydroxyl groups is 1. The number of likely N-dealkylation sites (tertiary alicyclic amines) is 1. The van der Waals surface area contributed by atoms with E-state index in [0.29, 0.717) is 13.0 Å². The predicted molar refractivity (Wildman–Crippen MR) is 79.6 cm³/mol. The molecule has 0 bridgehead atoms. The molecule has 20 heavy (non-hydrogen) atoms. The average Bonchev–Trinajstić information content (AvgIpc) is 2.60. The number of nitrogens with one attached hydrogen (secondary N) is 1. The monoisotopic (exact) mass is 283 g/mol. The summed E-state index contributed by atoms with van der Waals surface area (Å²) in [6, 6.07) is 0. The SMILES string of the molecule is CC1(O)CCCN(C(=O)C(C)(C)N2CCNCC2)CC1. The Balaban J connectivity index is 2.01. The molecule has 0 spiro atoms.